The Morgan fingerprint density at radius 3 is 2.30 bits per heavy atom. The van der Waals surface area contributed by atoms with Crippen molar-refractivity contribution in [2.24, 2.45) is 11.3 Å². The first kappa shape index (κ1) is 23.5. The van der Waals surface area contributed by atoms with Gasteiger partial charge in [0.25, 0.3) is 0 Å². The molecule has 5 heteroatoms. The molecular weight excluding hydrogens is 412 g/mol. The largest absolute Gasteiger partial charge is 0.381 e. The average molecular weight is 449 g/mol. The van der Waals surface area contributed by atoms with Crippen LogP contribution in [-0.2, 0) is 20.7 Å². The van der Waals surface area contributed by atoms with Crippen molar-refractivity contribution in [2.75, 3.05) is 27.2 Å². The molecule has 1 aliphatic carbocycles. The Morgan fingerprint density at radius 1 is 1.00 bits per heavy atom. The van der Waals surface area contributed by atoms with Crippen LogP contribution in [0.4, 0.5) is 0 Å². The smallest absolute Gasteiger partial charge is 0.228 e. The molecule has 1 unspecified atom stereocenters. The van der Waals surface area contributed by atoms with Crippen LogP contribution in [0.2, 0.25) is 0 Å². The van der Waals surface area contributed by atoms with Crippen LogP contribution in [0.3, 0.4) is 0 Å². The molecule has 0 spiro atoms. The van der Waals surface area contributed by atoms with Gasteiger partial charge in [-0.25, -0.2) is 0 Å². The molecule has 1 atom stereocenters. The Labute approximate surface area is 197 Å². The third kappa shape index (κ3) is 5.30. The van der Waals surface area contributed by atoms with Gasteiger partial charge in [-0.15, -0.1) is 0 Å². The van der Waals surface area contributed by atoms with Gasteiger partial charge in [0.1, 0.15) is 0 Å². The Balaban J connectivity index is 1.48. The van der Waals surface area contributed by atoms with Crippen molar-refractivity contribution < 1.29 is 14.3 Å². The molecule has 1 heterocycles. The molecule has 2 amide bonds. The summed E-state index contributed by atoms with van der Waals surface area (Å²) in [6.45, 7) is 1.24. The maximum absolute atomic E-state index is 13.4. The lowest BCUT2D eigenvalue weighted by Gasteiger charge is -2.43. The van der Waals surface area contributed by atoms with Crippen molar-refractivity contribution in [3.05, 3.63) is 60.2 Å². The van der Waals surface area contributed by atoms with Crippen LogP contribution >= 0.6 is 0 Å². The number of rotatable bonds is 6. The molecule has 2 aliphatic rings. The van der Waals surface area contributed by atoms with Crippen molar-refractivity contribution in [3.63, 3.8) is 0 Å². The van der Waals surface area contributed by atoms with Crippen LogP contribution in [0.15, 0.2) is 54.6 Å². The minimum absolute atomic E-state index is 0.0372. The number of nitrogens with one attached hydrogen (secondary N) is 1. The highest BCUT2D eigenvalue weighted by Gasteiger charge is 2.44. The van der Waals surface area contributed by atoms with E-state index in [-0.39, 0.29) is 23.8 Å². The summed E-state index contributed by atoms with van der Waals surface area (Å²) in [4.78, 5) is 28.5. The lowest BCUT2D eigenvalue weighted by molar-refractivity contribution is -0.145. The summed E-state index contributed by atoms with van der Waals surface area (Å²) in [5, 5.41) is 2.89. The second-order valence-corrected chi connectivity index (χ2v) is 9.67. The Bertz CT molecular complexity index is 935. The fraction of sp³-hybridized carbons (Fsp3) is 0.500. The van der Waals surface area contributed by atoms with Crippen LogP contribution in [0, 0.1) is 11.3 Å². The van der Waals surface area contributed by atoms with Crippen LogP contribution < -0.4 is 5.32 Å². The van der Waals surface area contributed by atoms with E-state index < -0.39 is 5.41 Å². The van der Waals surface area contributed by atoms with Gasteiger partial charge in [-0.2, -0.15) is 0 Å². The standard InChI is InChI=1S/C28H36N2O3/c1-29-27(32)28(19-21-9-11-23(12-10-21)22-7-4-3-5-8-22)17-6-18-30(20-28)26(31)24-13-15-25(33-2)16-14-24/h3-5,7-12,24-25H,6,13-20H2,1-2H3,(H,29,32). The van der Waals surface area contributed by atoms with E-state index in [0.29, 0.717) is 13.0 Å². The number of hydrogen-bond acceptors (Lipinski definition) is 3. The molecule has 1 saturated heterocycles. The van der Waals surface area contributed by atoms with Crippen LogP contribution in [0.5, 0.6) is 0 Å². The summed E-state index contributed by atoms with van der Waals surface area (Å²) < 4.78 is 5.47. The molecule has 1 saturated carbocycles. The van der Waals surface area contributed by atoms with E-state index in [4.69, 9.17) is 4.74 Å². The van der Waals surface area contributed by atoms with Gasteiger partial charge in [0, 0.05) is 33.2 Å². The molecule has 0 bridgehead atoms. The average Bonchev–Trinajstić information content (AvgIpc) is 2.89. The van der Waals surface area contributed by atoms with Gasteiger partial charge in [-0.05, 0) is 61.6 Å². The highest BCUT2D eigenvalue weighted by Crippen LogP contribution is 2.37. The number of likely N-dealkylation sites (tertiary alicyclic amines) is 1. The molecule has 2 aromatic rings. The predicted octanol–water partition coefficient (Wildman–Crippen LogP) is 4.46. The van der Waals surface area contributed by atoms with Gasteiger partial charge in [0.05, 0.1) is 11.5 Å². The van der Waals surface area contributed by atoms with Crippen LogP contribution in [-0.4, -0.2) is 50.1 Å². The summed E-state index contributed by atoms with van der Waals surface area (Å²) in [5.41, 5.74) is 2.90. The zero-order valence-corrected chi connectivity index (χ0v) is 19.9. The van der Waals surface area contributed by atoms with Crippen molar-refractivity contribution in [2.45, 2.75) is 51.0 Å². The molecule has 1 aliphatic heterocycles. The van der Waals surface area contributed by atoms with Gasteiger partial charge >= 0.3 is 0 Å². The summed E-state index contributed by atoms with van der Waals surface area (Å²) in [7, 11) is 3.46. The molecule has 5 nitrogen and oxygen atoms in total. The second-order valence-electron chi connectivity index (χ2n) is 9.67. The van der Waals surface area contributed by atoms with E-state index in [9.17, 15) is 9.59 Å². The van der Waals surface area contributed by atoms with Crippen molar-refractivity contribution >= 4 is 11.8 Å². The number of carbonyl (C=O) groups excluding carboxylic acids is 2. The van der Waals surface area contributed by atoms with Gasteiger partial charge in [0.15, 0.2) is 0 Å². The van der Waals surface area contributed by atoms with Gasteiger partial charge in [-0.3, -0.25) is 9.59 Å². The lowest BCUT2D eigenvalue weighted by Crippen LogP contribution is -2.55. The maximum atomic E-state index is 13.4. The van der Waals surface area contributed by atoms with Gasteiger partial charge < -0.3 is 15.0 Å². The predicted molar refractivity (Wildman–Crippen MR) is 131 cm³/mol. The zero-order valence-electron chi connectivity index (χ0n) is 19.9. The summed E-state index contributed by atoms with van der Waals surface area (Å²) in [6.07, 6.45) is 6.21. The Hall–Kier alpha value is -2.66. The van der Waals surface area contributed by atoms with E-state index >= 15 is 0 Å². The second kappa shape index (κ2) is 10.5. The SMILES string of the molecule is CNC(=O)C1(Cc2ccc(-c3ccccc3)cc2)CCCN(C(=O)C2CCC(OC)CC2)C1. The number of benzene rings is 2. The number of nitrogens with zero attached hydrogens (tertiary/aromatic N) is 1. The first-order valence-corrected chi connectivity index (χ1v) is 12.2. The first-order chi connectivity index (χ1) is 16.0. The van der Waals surface area contributed by atoms with E-state index in [1.165, 1.54) is 11.1 Å². The normalized spacial score (nSPS) is 25.5. The monoisotopic (exact) mass is 448 g/mol. The fourth-order valence-electron chi connectivity index (χ4n) is 5.64. The highest BCUT2D eigenvalue weighted by molar-refractivity contribution is 5.85. The van der Waals surface area contributed by atoms with Crippen molar-refractivity contribution in [3.8, 4) is 11.1 Å². The Morgan fingerprint density at radius 2 is 1.67 bits per heavy atom. The molecule has 0 aromatic heterocycles. The number of ether oxygens (including phenoxy) is 1. The van der Waals surface area contributed by atoms with Crippen molar-refractivity contribution in [1.82, 2.24) is 10.2 Å². The summed E-state index contributed by atoms with van der Waals surface area (Å²) in [5.74, 6) is 0.314. The highest BCUT2D eigenvalue weighted by atomic mass is 16.5. The third-order valence-electron chi connectivity index (χ3n) is 7.56. The molecular formula is C28H36N2O3. The molecule has 2 aromatic carbocycles. The quantitative estimate of drug-likeness (QED) is 0.710. The lowest BCUT2D eigenvalue weighted by atomic mass is 9.73. The van der Waals surface area contributed by atoms with Crippen LogP contribution in [0.1, 0.15) is 44.1 Å². The molecule has 0 radical (unpaired) electrons. The number of hydrogen-bond donors (Lipinski definition) is 1. The number of carbonyl (C=O) groups is 2. The Kier molecular flexibility index (Phi) is 7.49. The summed E-state index contributed by atoms with van der Waals surface area (Å²) in [6, 6.07) is 18.8. The van der Waals surface area contributed by atoms with E-state index in [1.54, 1.807) is 14.2 Å². The van der Waals surface area contributed by atoms with Crippen molar-refractivity contribution in [1.29, 1.82) is 0 Å². The minimum atomic E-state index is -0.583. The van der Waals surface area contributed by atoms with E-state index in [1.807, 2.05) is 23.1 Å². The minimum Gasteiger partial charge on any atom is -0.381 e. The number of methoxy groups -OCH3 is 1. The van der Waals surface area contributed by atoms with Gasteiger partial charge in [-0.1, -0.05) is 54.6 Å². The molecule has 4 rings (SSSR count). The van der Waals surface area contributed by atoms with Gasteiger partial charge in [0.2, 0.25) is 11.8 Å². The molecule has 1 N–H and O–H groups in total. The fourth-order valence-corrected chi connectivity index (χ4v) is 5.64. The number of amides is 2. The summed E-state index contributed by atoms with van der Waals surface area (Å²) >= 11 is 0. The topological polar surface area (TPSA) is 58.6 Å². The van der Waals surface area contributed by atoms with E-state index in [2.05, 4.69) is 41.7 Å². The molecule has 33 heavy (non-hydrogen) atoms. The van der Waals surface area contributed by atoms with E-state index in [0.717, 1.165) is 50.6 Å². The first-order valence-electron chi connectivity index (χ1n) is 12.2. The maximum Gasteiger partial charge on any atom is 0.228 e. The van der Waals surface area contributed by atoms with Crippen LogP contribution in [0.25, 0.3) is 11.1 Å². The number of piperidine rings is 1. The zero-order chi connectivity index (χ0) is 23.3. The molecule has 2 fully saturated rings. The molecule has 176 valence electrons. The third-order valence-corrected chi connectivity index (χ3v) is 7.56.